The highest BCUT2D eigenvalue weighted by atomic mass is 32.2. The van der Waals surface area contributed by atoms with E-state index >= 15 is 0 Å². The molecule has 0 unspecified atom stereocenters. The van der Waals surface area contributed by atoms with E-state index in [1.54, 1.807) is 0 Å². The summed E-state index contributed by atoms with van der Waals surface area (Å²) in [5, 5.41) is 0. The average Bonchev–Trinajstić information content (AvgIpc) is 2.54. The van der Waals surface area contributed by atoms with Gasteiger partial charge in [-0.25, -0.2) is 8.42 Å². The van der Waals surface area contributed by atoms with Crippen molar-refractivity contribution in [2.45, 2.75) is 4.90 Å². The van der Waals surface area contributed by atoms with Crippen LogP contribution in [0.25, 0.3) is 0 Å². The van der Waals surface area contributed by atoms with Gasteiger partial charge in [0.2, 0.25) is 9.84 Å². The van der Waals surface area contributed by atoms with Crippen molar-refractivity contribution in [2.24, 2.45) is 0 Å². The highest BCUT2D eigenvalue weighted by molar-refractivity contribution is 7.91. The maximum absolute atomic E-state index is 11.6. The first kappa shape index (κ1) is 13.1. The molecule has 1 aliphatic heterocycles. The minimum atomic E-state index is -3.91. The second-order valence-corrected chi connectivity index (χ2v) is 7.47. The van der Waals surface area contributed by atoms with Crippen molar-refractivity contribution >= 4 is 20.1 Å². The number of benzene rings is 1. The molecule has 1 aromatic rings. The van der Waals surface area contributed by atoms with Gasteiger partial charge >= 0.3 is 10.3 Å². The maximum atomic E-state index is 11.6. The standard InChI is InChI=1S/C9H11NO6S2/c1-10(2)18(13,14)16-7-3-4-8-9(5-7)17(11,12)6-15-8/h3-5H,6H2,1-2H3. The molecule has 0 spiro atoms. The van der Waals surface area contributed by atoms with Gasteiger partial charge in [0.15, 0.2) is 5.94 Å². The molecule has 0 aromatic heterocycles. The SMILES string of the molecule is CN(C)S(=O)(=O)Oc1ccc2c(c1)S(=O)(=O)CO2. The Morgan fingerprint density at radius 3 is 2.61 bits per heavy atom. The zero-order chi connectivity index (χ0) is 13.6. The summed E-state index contributed by atoms with van der Waals surface area (Å²) in [5.41, 5.74) is 0. The minimum Gasteiger partial charge on any atom is -0.476 e. The van der Waals surface area contributed by atoms with Gasteiger partial charge in [-0.3, -0.25) is 0 Å². The van der Waals surface area contributed by atoms with Crippen LogP contribution in [-0.4, -0.2) is 41.2 Å². The molecule has 0 amide bonds. The van der Waals surface area contributed by atoms with E-state index in [2.05, 4.69) is 0 Å². The van der Waals surface area contributed by atoms with E-state index in [1.807, 2.05) is 0 Å². The van der Waals surface area contributed by atoms with E-state index in [0.29, 0.717) is 0 Å². The molecule has 0 atom stereocenters. The second kappa shape index (κ2) is 4.11. The van der Waals surface area contributed by atoms with Crippen molar-refractivity contribution in [1.82, 2.24) is 4.31 Å². The summed E-state index contributed by atoms with van der Waals surface area (Å²) in [6.07, 6.45) is 0. The number of hydrogen-bond acceptors (Lipinski definition) is 6. The molecule has 0 aliphatic carbocycles. The molecular weight excluding hydrogens is 282 g/mol. The second-order valence-electron chi connectivity index (χ2n) is 3.81. The van der Waals surface area contributed by atoms with Crippen molar-refractivity contribution in [1.29, 1.82) is 0 Å². The van der Waals surface area contributed by atoms with Gasteiger partial charge in [0.05, 0.1) is 0 Å². The smallest absolute Gasteiger partial charge is 0.384 e. The van der Waals surface area contributed by atoms with E-state index in [-0.39, 0.29) is 16.4 Å². The summed E-state index contributed by atoms with van der Waals surface area (Å²) in [4.78, 5) is -0.0612. The molecule has 1 aliphatic rings. The fourth-order valence-corrected chi connectivity index (χ4v) is 2.94. The zero-order valence-electron chi connectivity index (χ0n) is 9.65. The van der Waals surface area contributed by atoms with Gasteiger partial charge in [-0.15, -0.1) is 0 Å². The lowest BCUT2D eigenvalue weighted by Gasteiger charge is -2.12. The molecule has 1 heterocycles. The monoisotopic (exact) mass is 293 g/mol. The van der Waals surface area contributed by atoms with E-state index in [9.17, 15) is 16.8 Å². The zero-order valence-corrected chi connectivity index (χ0v) is 11.3. The molecule has 100 valence electrons. The third-order valence-corrected chi connectivity index (χ3v) is 4.98. The lowest BCUT2D eigenvalue weighted by atomic mass is 10.3. The summed E-state index contributed by atoms with van der Waals surface area (Å²) in [6, 6.07) is 3.83. The Morgan fingerprint density at radius 2 is 2.00 bits per heavy atom. The summed E-state index contributed by atoms with van der Waals surface area (Å²) < 4.78 is 56.7. The first-order valence-electron chi connectivity index (χ1n) is 4.84. The van der Waals surface area contributed by atoms with Crippen LogP contribution in [0.2, 0.25) is 0 Å². The molecule has 1 aromatic carbocycles. The predicted octanol–water partition coefficient (Wildman–Crippen LogP) is -0.00460. The molecule has 9 heteroatoms. The van der Waals surface area contributed by atoms with Crippen LogP contribution in [0.15, 0.2) is 23.1 Å². The molecule has 0 radical (unpaired) electrons. The number of nitrogens with zero attached hydrogens (tertiary/aromatic N) is 1. The number of rotatable bonds is 3. The Kier molecular flexibility index (Phi) is 2.99. The summed E-state index contributed by atoms with van der Waals surface area (Å²) in [7, 11) is -4.81. The summed E-state index contributed by atoms with van der Waals surface area (Å²) in [5.74, 6) is -0.312. The topological polar surface area (TPSA) is 90.0 Å². The molecule has 0 saturated heterocycles. The van der Waals surface area contributed by atoms with E-state index < -0.39 is 26.1 Å². The van der Waals surface area contributed by atoms with Gasteiger partial charge in [-0.1, -0.05) is 0 Å². The molecule has 18 heavy (non-hydrogen) atoms. The normalized spacial score (nSPS) is 17.3. The van der Waals surface area contributed by atoms with Crippen LogP contribution < -0.4 is 8.92 Å². The Morgan fingerprint density at radius 1 is 1.33 bits per heavy atom. The molecule has 2 rings (SSSR count). The van der Waals surface area contributed by atoms with Gasteiger partial charge in [0, 0.05) is 20.2 Å². The van der Waals surface area contributed by atoms with Gasteiger partial charge < -0.3 is 8.92 Å². The Labute approximate surface area is 105 Å². The van der Waals surface area contributed by atoms with Gasteiger partial charge in [0.25, 0.3) is 0 Å². The Balaban J connectivity index is 2.40. The van der Waals surface area contributed by atoms with Crippen molar-refractivity contribution < 1.29 is 25.8 Å². The summed E-state index contributed by atoms with van der Waals surface area (Å²) >= 11 is 0. The fraction of sp³-hybridized carbons (Fsp3) is 0.333. The molecule has 7 nitrogen and oxygen atoms in total. The Hall–Kier alpha value is -1.32. The highest BCUT2D eigenvalue weighted by Crippen LogP contribution is 2.34. The van der Waals surface area contributed by atoms with Crippen molar-refractivity contribution in [3.8, 4) is 11.5 Å². The van der Waals surface area contributed by atoms with Gasteiger partial charge in [-0.05, 0) is 12.1 Å². The molecule has 0 fully saturated rings. The van der Waals surface area contributed by atoms with Crippen LogP contribution >= 0.6 is 0 Å². The fourth-order valence-electron chi connectivity index (χ4n) is 1.30. The first-order valence-corrected chi connectivity index (χ1v) is 7.86. The largest absolute Gasteiger partial charge is 0.476 e. The molecule has 0 bridgehead atoms. The first-order chi connectivity index (χ1) is 8.22. The number of sulfone groups is 1. The van der Waals surface area contributed by atoms with Crippen LogP contribution in [0.3, 0.4) is 0 Å². The molecular formula is C9H11NO6S2. The number of fused-ring (bicyclic) bond motifs is 1. The van der Waals surface area contributed by atoms with E-state index in [0.717, 1.165) is 10.4 Å². The van der Waals surface area contributed by atoms with Crippen molar-refractivity contribution in [2.75, 3.05) is 20.0 Å². The van der Waals surface area contributed by atoms with Crippen LogP contribution in [0.1, 0.15) is 0 Å². The van der Waals surface area contributed by atoms with Crippen LogP contribution in [0.5, 0.6) is 11.5 Å². The highest BCUT2D eigenvalue weighted by Gasteiger charge is 2.29. The van der Waals surface area contributed by atoms with E-state index in [4.69, 9.17) is 8.92 Å². The van der Waals surface area contributed by atoms with Crippen LogP contribution in [-0.2, 0) is 20.1 Å². The van der Waals surface area contributed by atoms with Gasteiger partial charge in [0.1, 0.15) is 16.4 Å². The maximum Gasteiger partial charge on any atom is 0.384 e. The lowest BCUT2D eigenvalue weighted by Crippen LogP contribution is -2.27. The molecule has 0 N–H and O–H groups in total. The Bertz CT molecular complexity index is 677. The van der Waals surface area contributed by atoms with Crippen LogP contribution in [0.4, 0.5) is 0 Å². The lowest BCUT2D eigenvalue weighted by molar-refractivity contribution is 0.388. The van der Waals surface area contributed by atoms with Gasteiger partial charge in [-0.2, -0.15) is 12.7 Å². The number of hydrogen-bond donors (Lipinski definition) is 0. The number of ether oxygens (including phenoxy) is 1. The minimum absolute atomic E-state index is 0.0612. The third-order valence-electron chi connectivity index (χ3n) is 2.27. The predicted molar refractivity (Wildman–Crippen MR) is 62.4 cm³/mol. The average molecular weight is 293 g/mol. The van der Waals surface area contributed by atoms with Crippen LogP contribution in [0, 0.1) is 0 Å². The summed E-state index contributed by atoms with van der Waals surface area (Å²) in [6.45, 7) is 0. The van der Waals surface area contributed by atoms with E-state index in [1.165, 1.54) is 26.2 Å². The van der Waals surface area contributed by atoms with Crippen molar-refractivity contribution in [3.05, 3.63) is 18.2 Å². The molecule has 0 saturated carbocycles. The van der Waals surface area contributed by atoms with Crippen molar-refractivity contribution in [3.63, 3.8) is 0 Å². The quantitative estimate of drug-likeness (QED) is 0.779. The third kappa shape index (κ3) is 2.28.